The maximum absolute atomic E-state index is 11.4. The van der Waals surface area contributed by atoms with Crippen molar-refractivity contribution in [2.75, 3.05) is 6.61 Å². The molecule has 1 rings (SSSR count). The molecule has 0 spiro atoms. The summed E-state index contributed by atoms with van der Waals surface area (Å²) in [5.74, 6) is -1.34. The first kappa shape index (κ1) is 11.9. The summed E-state index contributed by atoms with van der Waals surface area (Å²) in [7, 11) is 0. The van der Waals surface area contributed by atoms with Crippen LogP contribution in [0, 0.1) is 11.8 Å². The van der Waals surface area contributed by atoms with Crippen molar-refractivity contribution in [1.29, 1.82) is 0 Å². The lowest BCUT2D eigenvalue weighted by atomic mass is 9.79. The Morgan fingerprint density at radius 2 is 2.13 bits per heavy atom. The number of hydrogen-bond acceptors (Lipinski definition) is 4. The Morgan fingerprint density at radius 1 is 1.47 bits per heavy atom. The zero-order valence-electron chi connectivity index (χ0n) is 9.12. The molecule has 0 aromatic heterocycles. The molecule has 15 heavy (non-hydrogen) atoms. The largest absolute Gasteiger partial charge is 0.466 e. The molecule has 1 aliphatic carbocycles. The quantitative estimate of drug-likeness (QED) is 0.519. The van der Waals surface area contributed by atoms with E-state index in [9.17, 15) is 14.4 Å². The minimum absolute atomic E-state index is 0.0388. The maximum Gasteiger partial charge on any atom is 0.308 e. The highest BCUT2D eigenvalue weighted by molar-refractivity contribution is 6.02. The molecule has 84 valence electrons. The number of carbonyl (C=O) groups is 3. The number of esters is 1. The number of hydrogen-bond donors (Lipinski definition) is 0. The SMILES string of the molecule is CCOC(=O)[C@H]1CCC(=O)[C@@H](C(C)=O)C1. The summed E-state index contributed by atoms with van der Waals surface area (Å²) in [6.07, 6.45) is 1.15. The molecule has 2 atom stereocenters. The van der Waals surface area contributed by atoms with E-state index >= 15 is 0 Å². The summed E-state index contributed by atoms with van der Waals surface area (Å²) in [6, 6.07) is 0. The third kappa shape index (κ3) is 2.88. The Bertz CT molecular complexity index is 282. The second kappa shape index (κ2) is 5.05. The number of ether oxygens (including phenoxy) is 1. The second-order valence-corrected chi connectivity index (χ2v) is 3.85. The molecule has 0 heterocycles. The van der Waals surface area contributed by atoms with Gasteiger partial charge in [-0.2, -0.15) is 0 Å². The van der Waals surface area contributed by atoms with E-state index in [-0.39, 0.29) is 23.5 Å². The molecule has 0 amide bonds. The lowest BCUT2D eigenvalue weighted by molar-refractivity contribution is -0.151. The molecule has 1 fully saturated rings. The van der Waals surface area contributed by atoms with Crippen LogP contribution in [0.5, 0.6) is 0 Å². The van der Waals surface area contributed by atoms with Gasteiger partial charge >= 0.3 is 5.97 Å². The van der Waals surface area contributed by atoms with Crippen molar-refractivity contribution in [2.24, 2.45) is 11.8 Å². The van der Waals surface area contributed by atoms with Gasteiger partial charge in [0.15, 0.2) is 0 Å². The van der Waals surface area contributed by atoms with Gasteiger partial charge in [-0.25, -0.2) is 0 Å². The Labute approximate surface area is 89.0 Å². The molecule has 0 radical (unpaired) electrons. The average molecular weight is 212 g/mol. The number of Topliss-reactive ketones (excluding diaryl/α,β-unsaturated/α-hetero) is 2. The van der Waals surface area contributed by atoms with Gasteiger partial charge in [-0.1, -0.05) is 0 Å². The van der Waals surface area contributed by atoms with E-state index in [1.54, 1.807) is 6.92 Å². The van der Waals surface area contributed by atoms with Crippen molar-refractivity contribution in [3.8, 4) is 0 Å². The third-order valence-electron chi connectivity index (χ3n) is 2.76. The Balaban J connectivity index is 2.61. The Hall–Kier alpha value is -1.19. The number of ketones is 2. The summed E-state index contributed by atoms with van der Waals surface area (Å²) in [5.41, 5.74) is 0. The predicted octanol–water partition coefficient (Wildman–Crippen LogP) is 1.12. The van der Waals surface area contributed by atoms with E-state index in [0.29, 0.717) is 25.9 Å². The fourth-order valence-electron chi connectivity index (χ4n) is 1.89. The van der Waals surface area contributed by atoms with Crippen molar-refractivity contribution in [2.45, 2.75) is 33.1 Å². The van der Waals surface area contributed by atoms with Crippen LogP contribution >= 0.6 is 0 Å². The third-order valence-corrected chi connectivity index (χ3v) is 2.76. The van der Waals surface area contributed by atoms with Crippen molar-refractivity contribution in [3.63, 3.8) is 0 Å². The molecule has 0 bridgehead atoms. The van der Waals surface area contributed by atoms with Crippen molar-refractivity contribution < 1.29 is 19.1 Å². The maximum atomic E-state index is 11.4. The first-order chi connectivity index (χ1) is 7.06. The summed E-state index contributed by atoms with van der Waals surface area (Å²) in [6.45, 7) is 3.48. The molecule has 0 unspecified atom stereocenters. The van der Waals surface area contributed by atoms with Crippen LogP contribution < -0.4 is 0 Å². The monoisotopic (exact) mass is 212 g/mol. The fraction of sp³-hybridized carbons (Fsp3) is 0.727. The molecule has 0 aromatic rings. The summed E-state index contributed by atoms with van der Waals surface area (Å²) < 4.78 is 4.88. The second-order valence-electron chi connectivity index (χ2n) is 3.85. The van der Waals surface area contributed by atoms with E-state index in [4.69, 9.17) is 4.74 Å². The number of rotatable bonds is 3. The lowest BCUT2D eigenvalue weighted by Crippen LogP contribution is -2.33. The molecular formula is C11H16O4. The normalized spacial score (nSPS) is 26.1. The molecule has 4 heteroatoms. The molecule has 4 nitrogen and oxygen atoms in total. The molecular weight excluding hydrogens is 196 g/mol. The first-order valence-corrected chi connectivity index (χ1v) is 5.26. The van der Waals surface area contributed by atoms with Crippen LogP contribution in [0.2, 0.25) is 0 Å². The highest BCUT2D eigenvalue weighted by Crippen LogP contribution is 2.28. The van der Waals surface area contributed by atoms with Gasteiger partial charge in [0.25, 0.3) is 0 Å². The zero-order chi connectivity index (χ0) is 11.4. The minimum Gasteiger partial charge on any atom is -0.466 e. The fourth-order valence-corrected chi connectivity index (χ4v) is 1.89. The van der Waals surface area contributed by atoms with E-state index in [1.807, 2.05) is 0 Å². The van der Waals surface area contributed by atoms with Crippen LogP contribution in [0.4, 0.5) is 0 Å². The van der Waals surface area contributed by atoms with Crippen molar-refractivity contribution in [1.82, 2.24) is 0 Å². The van der Waals surface area contributed by atoms with Crippen molar-refractivity contribution >= 4 is 17.5 Å². The van der Waals surface area contributed by atoms with Gasteiger partial charge in [-0.15, -0.1) is 0 Å². The van der Waals surface area contributed by atoms with E-state index in [2.05, 4.69) is 0 Å². The summed E-state index contributed by atoms with van der Waals surface area (Å²) >= 11 is 0. The molecule has 0 aromatic carbocycles. The zero-order valence-corrected chi connectivity index (χ0v) is 9.12. The highest BCUT2D eigenvalue weighted by Gasteiger charge is 2.35. The molecule has 0 aliphatic heterocycles. The van der Waals surface area contributed by atoms with E-state index in [1.165, 1.54) is 6.92 Å². The lowest BCUT2D eigenvalue weighted by Gasteiger charge is -2.24. The van der Waals surface area contributed by atoms with Crippen LogP contribution in [0.15, 0.2) is 0 Å². The van der Waals surface area contributed by atoms with Gasteiger partial charge in [0.2, 0.25) is 0 Å². The van der Waals surface area contributed by atoms with Crippen LogP contribution in [0.25, 0.3) is 0 Å². The van der Waals surface area contributed by atoms with Crippen molar-refractivity contribution in [3.05, 3.63) is 0 Å². The van der Waals surface area contributed by atoms with Gasteiger partial charge in [0, 0.05) is 6.42 Å². The molecule has 0 saturated heterocycles. The summed E-state index contributed by atoms with van der Waals surface area (Å²) in [5, 5.41) is 0. The van der Waals surface area contributed by atoms with Gasteiger partial charge in [-0.3, -0.25) is 14.4 Å². The smallest absolute Gasteiger partial charge is 0.308 e. The van der Waals surface area contributed by atoms with E-state index in [0.717, 1.165) is 0 Å². The Kier molecular flexibility index (Phi) is 4.00. The minimum atomic E-state index is -0.590. The average Bonchev–Trinajstić information content (AvgIpc) is 2.18. The Morgan fingerprint density at radius 3 is 2.67 bits per heavy atom. The van der Waals surface area contributed by atoms with Gasteiger partial charge in [-0.05, 0) is 26.7 Å². The first-order valence-electron chi connectivity index (χ1n) is 5.26. The van der Waals surface area contributed by atoms with E-state index < -0.39 is 5.92 Å². The van der Waals surface area contributed by atoms with Crippen LogP contribution in [-0.4, -0.2) is 24.1 Å². The standard InChI is InChI=1S/C11H16O4/c1-3-15-11(14)8-4-5-10(13)9(6-8)7(2)12/h8-9H,3-6H2,1-2H3/t8-,9+/m0/s1. The highest BCUT2D eigenvalue weighted by atomic mass is 16.5. The van der Waals surface area contributed by atoms with Crippen LogP contribution in [0.3, 0.4) is 0 Å². The summed E-state index contributed by atoms with van der Waals surface area (Å²) in [4.78, 5) is 34.0. The molecule has 1 saturated carbocycles. The van der Waals surface area contributed by atoms with Crippen LogP contribution in [0.1, 0.15) is 33.1 Å². The topological polar surface area (TPSA) is 60.4 Å². The van der Waals surface area contributed by atoms with Gasteiger partial charge in [0.05, 0.1) is 18.4 Å². The molecule has 0 N–H and O–H groups in total. The van der Waals surface area contributed by atoms with Gasteiger partial charge < -0.3 is 4.74 Å². The van der Waals surface area contributed by atoms with Gasteiger partial charge in [0.1, 0.15) is 11.6 Å². The predicted molar refractivity (Wildman–Crippen MR) is 53.2 cm³/mol. The molecule has 1 aliphatic rings. The number of carbonyl (C=O) groups excluding carboxylic acids is 3. The van der Waals surface area contributed by atoms with Crippen LogP contribution in [-0.2, 0) is 19.1 Å².